The van der Waals surface area contributed by atoms with Crippen molar-refractivity contribution >= 4 is 29.1 Å². The van der Waals surface area contributed by atoms with Crippen molar-refractivity contribution in [2.75, 3.05) is 10.6 Å². The van der Waals surface area contributed by atoms with Crippen LogP contribution in [0.2, 0.25) is 0 Å². The molecule has 124 valence electrons. The molecular weight excluding hydrogens is 310 g/mol. The molecule has 1 unspecified atom stereocenters. The third kappa shape index (κ3) is 5.94. The molecule has 2 heterocycles. The largest absolute Gasteiger partial charge is 0.351 e. The lowest BCUT2D eigenvalue weighted by molar-refractivity contribution is -0.114. The summed E-state index contributed by atoms with van der Waals surface area (Å²) in [5.41, 5.74) is 1.40. The highest BCUT2D eigenvalue weighted by atomic mass is 32.1. The molecule has 0 aliphatic carbocycles. The molecule has 7 heteroatoms. The van der Waals surface area contributed by atoms with E-state index in [4.69, 9.17) is 0 Å². The second kappa shape index (κ2) is 8.57. The van der Waals surface area contributed by atoms with E-state index in [-0.39, 0.29) is 5.91 Å². The Bertz CT molecular complexity index is 629. The molecule has 0 saturated heterocycles. The van der Waals surface area contributed by atoms with E-state index in [1.54, 1.807) is 18.3 Å². The number of nitrogens with one attached hydrogen (secondary N) is 2. The molecule has 1 amide bonds. The number of anilines is 2. The van der Waals surface area contributed by atoms with Crippen LogP contribution in [0.15, 0.2) is 16.8 Å². The molecule has 0 aliphatic rings. The third-order valence-corrected chi connectivity index (χ3v) is 4.19. The Hall–Kier alpha value is -2.02. The van der Waals surface area contributed by atoms with Gasteiger partial charge in [0.2, 0.25) is 17.8 Å². The fourth-order valence-electron chi connectivity index (χ4n) is 2.31. The summed E-state index contributed by atoms with van der Waals surface area (Å²) in [6.07, 6.45) is 4.25. The summed E-state index contributed by atoms with van der Waals surface area (Å²) in [6, 6.07) is 2.48. The Morgan fingerprint density at radius 2 is 2.09 bits per heavy atom. The predicted octanol–water partition coefficient (Wildman–Crippen LogP) is 3.41. The number of carbonyl (C=O) groups excluding carboxylic acids is 1. The van der Waals surface area contributed by atoms with Gasteiger partial charge in [-0.3, -0.25) is 10.1 Å². The van der Waals surface area contributed by atoms with E-state index in [1.807, 2.05) is 0 Å². The average Bonchev–Trinajstić information content (AvgIpc) is 2.98. The Morgan fingerprint density at radius 1 is 1.30 bits per heavy atom. The third-order valence-electron chi connectivity index (χ3n) is 3.46. The van der Waals surface area contributed by atoms with E-state index in [0.29, 0.717) is 23.8 Å². The molecule has 0 aliphatic heterocycles. The number of nitrogens with zero attached hydrogens (tertiary/aromatic N) is 3. The van der Waals surface area contributed by atoms with Crippen molar-refractivity contribution in [1.29, 1.82) is 0 Å². The summed E-state index contributed by atoms with van der Waals surface area (Å²) in [4.78, 5) is 23.8. The van der Waals surface area contributed by atoms with Crippen LogP contribution in [-0.2, 0) is 11.2 Å². The minimum Gasteiger partial charge on any atom is -0.351 e. The molecular formula is C16H23N5OS. The zero-order chi connectivity index (χ0) is 16.7. The maximum atomic E-state index is 11.1. The zero-order valence-corrected chi connectivity index (χ0v) is 14.6. The normalized spacial score (nSPS) is 12.0. The van der Waals surface area contributed by atoms with E-state index in [0.717, 1.165) is 25.7 Å². The van der Waals surface area contributed by atoms with Crippen LogP contribution >= 0.6 is 11.3 Å². The van der Waals surface area contributed by atoms with Crippen LogP contribution in [0.4, 0.5) is 11.9 Å². The van der Waals surface area contributed by atoms with E-state index in [9.17, 15) is 4.79 Å². The molecule has 0 fully saturated rings. The van der Waals surface area contributed by atoms with Crippen LogP contribution in [0.3, 0.4) is 0 Å². The average molecular weight is 333 g/mol. The highest BCUT2D eigenvalue weighted by molar-refractivity contribution is 7.07. The number of amides is 1. The van der Waals surface area contributed by atoms with Crippen LogP contribution in [0, 0.1) is 6.92 Å². The summed E-state index contributed by atoms with van der Waals surface area (Å²) in [5.74, 6) is 1.20. The van der Waals surface area contributed by atoms with Crippen molar-refractivity contribution in [3.8, 4) is 0 Å². The number of hydrogen-bond donors (Lipinski definition) is 2. The Labute approximate surface area is 140 Å². The van der Waals surface area contributed by atoms with Gasteiger partial charge in [0.05, 0.1) is 0 Å². The molecule has 0 spiro atoms. The number of rotatable bonds is 8. The standard InChI is InChI=1S/C16H23N5OS/c1-4-14(7-5-6-13-8-9-23-10-13)20-16-18-11(2)17-15(21-16)19-12(3)22/h8-10,14H,4-7H2,1-3H3,(H2,17,18,19,20,21,22). The second-order valence-corrected chi connectivity index (χ2v) is 6.26. The lowest BCUT2D eigenvalue weighted by Crippen LogP contribution is -2.21. The van der Waals surface area contributed by atoms with Crippen LogP contribution in [0.1, 0.15) is 44.5 Å². The maximum Gasteiger partial charge on any atom is 0.234 e. The molecule has 0 bridgehead atoms. The quantitative estimate of drug-likeness (QED) is 0.774. The first kappa shape index (κ1) is 17.3. The summed E-state index contributed by atoms with van der Waals surface area (Å²) in [5, 5.41) is 10.3. The van der Waals surface area contributed by atoms with Crippen LogP contribution in [0.25, 0.3) is 0 Å². The number of aromatic nitrogens is 3. The van der Waals surface area contributed by atoms with Gasteiger partial charge in [0.15, 0.2) is 0 Å². The highest BCUT2D eigenvalue weighted by Gasteiger charge is 2.11. The van der Waals surface area contributed by atoms with Gasteiger partial charge in [0.25, 0.3) is 0 Å². The van der Waals surface area contributed by atoms with Gasteiger partial charge in [-0.1, -0.05) is 6.92 Å². The number of hydrogen-bond acceptors (Lipinski definition) is 6. The maximum absolute atomic E-state index is 11.1. The minimum atomic E-state index is -0.190. The minimum absolute atomic E-state index is 0.190. The highest BCUT2D eigenvalue weighted by Crippen LogP contribution is 2.14. The lowest BCUT2D eigenvalue weighted by atomic mass is 10.1. The van der Waals surface area contributed by atoms with Gasteiger partial charge in [-0.05, 0) is 55.0 Å². The monoisotopic (exact) mass is 333 g/mol. The number of thiophene rings is 1. The van der Waals surface area contributed by atoms with Crippen LogP contribution in [-0.4, -0.2) is 26.9 Å². The number of carbonyl (C=O) groups is 1. The number of aryl methyl sites for hydroxylation is 2. The summed E-state index contributed by atoms with van der Waals surface area (Å²) >= 11 is 1.74. The first-order chi connectivity index (χ1) is 11.1. The van der Waals surface area contributed by atoms with Crippen molar-refractivity contribution in [3.63, 3.8) is 0 Å². The Kier molecular flexibility index (Phi) is 6.46. The first-order valence-corrected chi connectivity index (χ1v) is 8.79. The van der Waals surface area contributed by atoms with E-state index < -0.39 is 0 Å². The van der Waals surface area contributed by atoms with Gasteiger partial charge in [-0.15, -0.1) is 0 Å². The Balaban J connectivity index is 1.92. The van der Waals surface area contributed by atoms with Gasteiger partial charge < -0.3 is 5.32 Å². The fourth-order valence-corrected chi connectivity index (χ4v) is 3.01. The van der Waals surface area contributed by atoms with Crippen molar-refractivity contribution in [1.82, 2.24) is 15.0 Å². The van der Waals surface area contributed by atoms with Gasteiger partial charge in [0, 0.05) is 13.0 Å². The van der Waals surface area contributed by atoms with E-state index >= 15 is 0 Å². The Morgan fingerprint density at radius 3 is 2.74 bits per heavy atom. The molecule has 2 rings (SSSR count). The fraction of sp³-hybridized carbons (Fsp3) is 0.500. The zero-order valence-electron chi connectivity index (χ0n) is 13.8. The molecule has 2 N–H and O–H groups in total. The molecule has 0 saturated carbocycles. The van der Waals surface area contributed by atoms with Crippen LogP contribution < -0.4 is 10.6 Å². The predicted molar refractivity (Wildman–Crippen MR) is 93.8 cm³/mol. The van der Waals surface area contributed by atoms with Crippen molar-refractivity contribution in [2.45, 2.75) is 52.5 Å². The summed E-state index contributed by atoms with van der Waals surface area (Å²) < 4.78 is 0. The second-order valence-electron chi connectivity index (χ2n) is 5.48. The summed E-state index contributed by atoms with van der Waals surface area (Å²) in [7, 11) is 0. The molecule has 6 nitrogen and oxygen atoms in total. The lowest BCUT2D eigenvalue weighted by Gasteiger charge is -2.17. The van der Waals surface area contributed by atoms with Gasteiger partial charge in [-0.25, -0.2) is 0 Å². The smallest absolute Gasteiger partial charge is 0.234 e. The molecule has 1 atom stereocenters. The SMILES string of the molecule is CCC(CCCc1ccsc1)Nc1nc(C)nc(NC(C)=O)n1. The van der Waals surface area contributed by atoms with E-state index in [1.165, 1.54) is 12.5 Å². The molecule has 23 heavy (non-hydrogen) atoms. The summed E-state index contributed by atoms with van der Waals surface area (Å²) in [6.45, 7) is 5.37. The van der Waals surface area contributed by atoms with Crippen molar-refractivity contribution in [3.05, 3.63) is 28.2 Å². The van der Waals surface area contributed by atoms with Crippen LogP contribution in [0.5, 0.6) is 0 Å². The van der Waals surface area contributed by atoms with Crippen molar-refractivity contribution in [2.24, 2.45) is 0 Å². The van der Waals surface area contributed by atoms with Gasteiger partial charge in [0.1, 0.15) is 5.82 Å². The molecule has 2 aromatic heterocycles. The van der Waals surface area contributed by atoms with Gasteiger partial charge >= 0.3 is 0 Å². The molecule has 0 aromatic carbocycles. The molecule has 0 radical (unpaired) electrons. The van der Waals surface area contributed by atoms with Crippen molar-refractivity contribution < 1.29 is 4.79 Å². The van der Waals surface area contributed by atoms with E-state index in [2.05, 4.69) is 49.3 Å². The topological polar surface area (TPSA) is 79.8 Å². The first-order valence-electron chi connectivity index (χ1n) is 7.84. The molecule has 2 aromatic rings. The van der Waals surface area contributed by atoms with Gasteiger partial charge in [-0.2, -0.15) is 26.3 Å².